The molecule has 10 nitrogen and oxygen atoms in total. The molecule has 0 aliphatic heterocycles. The van der Waals surface area contributed by atoms with Crippen molar-refractivity contribution in [2.75, 3.05) is 20.8 Å². The maximum absolute atomic E-state index is 12.7. The molecule has 49 heavy (non-hydrogen) atoms. The van der Waals surface area contributed by atoms with E-state index in [1.54, 1.807) is 26.4 Å². The highest BCUT2D eigenvalue weighted by Crippen LogP contribution is 2.48. The van der Waals surface area contributed by atoms with Gasteiger partial charge < -0.3 is 23.3 Å². The summed E-state index contributed by atoms with van der Waals surface area (Å²) in [7, 11) is 1.60. The van der Waals surface area contributed by atoms with Crippen molar-refractivity contribution in [3.8, 4) is 17.6 Å². The Morgan fingerprint density at radius 1 is 0.796 bits per heavy atom. The van der Waals surface area contributed by atoms with Crippen LogP contribution >= 0.6 is 8.53 Å². The van der Waals surface area contributed by atoms with E-state index in [2.05, 4.69) is 10.7 Å². The molecule has 0 fully saturated rings. The monoisotopic (exact) mass is 685 g/mol. The van der Waals surface area contributed by atoms with Gasteiger partial charge in [-0.25, -0.2) is 4.67 Å². The summed E-state index contributed by atoms with van der Waals surface area (Å²) in [6.07, 6.45) is 0.211. The van der Waals surface area contributed by atoms with Gasteiger partial charge >= 0.3 is 0 Å². The predicted molar refractivity (Wildman–Crippen MR) is 190 cm³/mol. The highest BCUT2D eigenvalue weighted by atomic mass is 31.2. The molecule has 0 aromatic heterocycles. The first-order chi connectivity index (χ1) is 23.6. The van der Waals surface area contributed by atoms with Crippen molar-refractivity contribution >= 4 is 14.2 Å². The highest BCUT2D eigenvalue weighted by molar-refractivity contribution is 7.44. The third kappa shape index (κ3) is 9.21. The largest absolute Gasteiger partial charge is 0.497 e. The molecule has 0 amide bonds. The second kappa shape index (κ2) is 17.9. The van der Waals surface area contributed by atoms with E-state index >= 15 is 0 Å². The molecule has 4 rings (SSSR count). The van der Waals surface area contributed by atoms with E-state index in [1.165, 1.54) is 0 Å². The van der Waals surface area contributed by atoms with Crippen molar-refractivity contribution in [2.24, 2.45) is 0 Å². The molecule has 0 radical (unpaired) electrons. The molecule has 4 aromatic carbocycles. The zero-order chi connectivity index (χ0) is 35.4. The Balaban J connectivity index is 1.85. The summed E-state index contributed by atoms with van der Waals surface area (Å²) in [5.74, 6) is 1.33. The average Bonchev–Trinajstić information content (AvgIpc) is 3.11. The van der Waals surface area contributed by atoms with Crippen molar-refractivity contribution < 1.29 is 28.2 Å². The van der Waals surface area contributed by atoms with Crippen molar-refractivity contribution in [1.82, 2.24) is 4.67 Å². The molecule has 11 heteroatoms. The number of hydrogen-bond donors (Lipinski definition) is 0. The standard InChI is InChI=1S/C38H44N3O7P/c1-28(2)40(29(3)4)49(47-24-10-23-39)48-27-31-13-14-34(25-37(31)41(42)43)38(32-15-19-35(44-5)20-16-32,33-17-21-36(45-6)22-18-33)46-26-30-11-8-7-9-12-30/h7-9,11-22,25,28-29H,10,24,26-27H2,1-6H3. The SMILES string of the molecule is COc1ccc(C(OCc2ccccc2)(c2ccc(OC)cc2)c2ccc(COP(OCCC#N)N(C(C)C)C(C)C)c([N+](=O)[O-])c2)cc1. The Kier molecular flexibility index (Phi) is 13.7. The molecule has 0 bridgehead atoms. The maximum Gasteiger partial charge on any atom is 0.275 e. The van der Waals surface area contributed by atoms with Crippen LogP contribution in [0.25, 0.3) is 0 Å². The van der Waals surface area contributed by atoms with E-state index in [1.807, 2.05) is 113 Å². The second-order valence-corrected chi connectivity index (χ2v) is 13.3. The van der Waals surface area contributed by atoms with Gasteiger partial charge in [-0.2, -0.15) is 5.26 Å². The normalized spacial score (nSPS) is 12.2. The van der Waals surface area contributed by atoms with Crippen LogP contribution in [0.4, 0.5) is 5.69 Å². The fourth-order valence-electron chi connectivity index (χ4n) is 5.68. The molecular formula is C38H44N3O7P. The van der Waals surface area contributed by atoms with E-state index in [0.717, 1.165) is 16.7 Å². The minimum Gasteiger partial charge on any atom is -0.497 e. The molecule has 4 aromatic rings. The molecule has 0 saturated heterocycles. The van der Waals surface area contributed by atoms with Gasteiger partial charge in [0.15, 0.2) is 0 Å². The van der Waals surface area contributed by atoms with Crippen LogP contribution in [0.15, 0.2) is 97.1 Å². The molecule has 0 spiro atoms. The lowest BCUT2D eigenvalue weighted by atomic mass is 9.79. The summed E-state index contributed by atoms with van der Waals surface area (Å²) in [5, 5.41) is 21.8. The summed E-state index contributed by atoms with van der Waals surface area (Å²) >= 11 is 0. The number of nitrogens with zero attached hydrogens (tertiary/aromatic N) is 3. The Morgan fingerprint density at radius 2 is 1.35 bits per heavy atom. The van der Waals surface area contributed by atoms with Gasteiger partial charge in [-0.05, 0) is 80.3 Å². The number of nitro groups is 1. The van der Waals surface area contributed by atoms with Gasteiger partial charge in [0, 0.05) is 18.2 Å². The van der Waals surface area contributed by atoms with Gasteiger partial charge in [-0.1, -0.05) is 60.7 Å². The average molecular weight is 686 g/mol. The zero-order valence-electron chi connectivity index (χ0n) is 28.9. The number of methoxy groups -OCH3 is 2. The molecule has 0 heterocycles. The molecule has 0 aliphatic rings. The second-order valence-electron chi connectivity index (χ2n) is 11.8. The lowest BCUT2D eigenvalue weighted by Crippen LogP contribution is -2.33. The maximum atomic E-state index is 12.7. The predicted octanol–water partition coefficient (Wildman–Crippen LogP) is 8.91. The van der Waals surface area contributed by atoms with Crippen molar-refractivity contribution in [2.45, 2.75) is 65.0 Å². The number of hydrogen-bond acceptors (Lipinski definition) is 9. The summed E-state index contributed by atoms with van der Waals surface area (Å²) in [6, 6.07) is 32.2. The molecule has 258 valence electrons. The fourth-order valence-corrected chi connectivity index (χ4v) is 7.27. The van der Waals surface area contributed by atoms with E-state index in [4.69, 9.17) is 28.5 Å². The van der Waals surface area contributed by atoms with E-state index < -0.39 is 19.1 Å². The summed E-state index contributed by atoms with van der Waals surface area (Å²) < 4.78 is 32.3. The molecule has 0 N–H and O–H groups in total. The first-order valence-electron chi connectivity index (χ1n) is 16.1. The molecular weight excluding hydrogens is 641 g/mol. The quantitative estimate of drug-likeness (QED) is 0.0333. The summed E-state index contributed by atoms with van der Waals surface area (Å²) in [5.41, 5.74) is 2.03. The van der Waals surface area contributed by atoms with Gasteiger partial charge in [0.25, 0.3) is 14.2 Å². The smallest absolute Gasteiger partial charge is 0.275 e. The Morgan fingerprint density at radius 3 is 1.84 bits per heavy atom. The summed E-state index contributed by atoms with van der Waals surface area (Å²) in [6.45, 7) is 8.52. The van der Waals surface area contributed by atoms with Crippen LogP contribution in [0.5, 0.6) is 11.5 Å². The van der Waals surface area contributed by atoms with Crippen LogP contribution in [0.1, 0.15) is 61.9 Å². The number of nitro benzene ring substituents is 1. The third-order valence-corrected chi connectivity index (χ3v) is 10.0. The molecule has 1 unspecified atom stereocenters. The Bertz CT molecular complexity index is 1620. The molecule has 0 aliphatic carbocycles. The molecule has 1 atom stereocenters. The summed E-state index contributed by atoms with van der Waals surface area (Å²) in [4.78, 5) is 12.3. The van der Waals surface area contributed by atoms with Crippen LogP contribution in [0.3, 0.4) is 0 Å². The zero-order valence-corrected chi connectivity index (χ0v) is 29.8. The van der Waals surface area contributed by atoms with Gasteiger partial charge in [0.2, 0.25) is 0 Å². The number of benzene rings is 4. The van der Waals surface area contributed by atoms with Crippen molar-refractivity contribution in [1.29, 1.82) is 5.26 Å². The van der Waals surface area contributed by atoms with Gasteiger partial charge in [0.1, 0.15) is 17.1 Å². The van der Waals surface area contributed by atoms with Gasteiger partial charge in [-0.3, -0.25) is 10.1 Å². The van der Waals surface area contributed by atoms with Crippen LogP contribution < -0.4 is 9.47 Å². The first-order valence-corrected chi connectivity index (χ1v) is 17.2. The van der Waals surface area contributed by atoms with E-state index in [0.29, 0.717) is 22.6 Å². The lowest BCUT2D eigenvalue weighted by Gasteiger charge is -2.36. The Hall–Kier alpha value is -4.36. The van der Waals surface area contributed by atoms with Crippen LogP contribution in [-0.2, 0) is 32.6 Å². The number of nitriles is 1. The van der Waals surface area contributed by atoms with Gasteiger partial charge in [-0.15, -0.1) is 0 Å². The van der Waals surface area contributed by atoms with Crippen LogP contribution in [0, 0.1) is 21.4 Å². The number of rotatable bonds is 18. The van der Waals surface area contributed by atoms with Gasteiger partial charge in [0.05, 0.1) is 57.0 Å². The lowest BCUT2D eigenvalue weighted by molar-refractivity contribution is -0.385. The minimum absolute atomic E-state index is 0.0618. The fraction of sp³-hybridized carbons (Fsp3) is 0.342. The first kappa shape index (κ1) is 37.5. The van der Waals surface area contributed by atoms with Crippen molar-refractivity contribution in [3.63, 3.8) is 0 Å². The molecule has 0 saturated carbocycles. The Labute approximate surface area is 290 Å². The van der Waals surface area contributed by atoms with Crippen molar-refractivity contribution in [3.05, 3.63) is 135 Å². The highest BCUT2D eigenvalue weighted by Gasteiger charge is 2.40. The van der Waals surface area contributed by atoms with Crippen LogP contribution in [0.2, 0.25) is 0 Å². The minimum atomic E-state index is -1.60. The third-order valence-electron chi connectivity index (χ3n) is 7.97. The van der Waals surface area contributed by atoms with E-state index in [-0.39, 0.29) is 44.0 Å². The number of ether oxygens (including phenoxy) is 3. The van der Waals surface area contributed by atoms with Crippen LogP contribution in [-0.4, -0.2) is 42.5 Å². The van der Waals surface area contributed by atoms with E-state index in [9.17, 15) is 10.1 Å². The topological polar surface area (TPSA) is 116 Å².